The van der Waals surface area contributed by atoms with Gasteiger partial charge in [-0.25, -0.2) is 0 Å². The fourth-order valence-electron chi connectivity index (χ4n) is 2.07. The molecule has 0 saturated carbocycles. The highest BCUT2D eigenvalue weighted by Crippen LogP contribution is 2.17. The van der Waals surface area contributed by atoms with Gasteiger partial charge in [0, 0.05) is 31.8 Å². The van der Waals surface area contributed by atoms with Crippen molar-refractivity contribution < 1.29 is 5.21 Å². The topological polar surface area (TPSA) is 59.6 Å². The Morgan fingerprint density at radius 3 is 3.07 bits per heavy atom. The van der Waals surface area contributed by atoms with Crippen LogP contribution in [-0.4, -0.2) is 35.5 Å². The lowest BCUT2D eigenvalue weighted by atomic mass is 9.93. The molecule has 1 atom stereocenters. The molecule has 1 heterocycles. The SMILES string of the molecule is CCC1CN(CCCC#N)CCC1=NO. The number of nitriles is 1. The molecule has 0 aromatic heterocycles. The second kappa shape index (κ2) is 6.41. The second-order valence-electron chi connectivity index (χ2n) is 4.01. The summed E-state index contributed by atoms with van der Waals surface area (Å²) in [6.07, 6.45) is 3.46. The van der Waals surface area contributed by atoms with E-state index >= 15 is 0 Å². The molecule has 0 amide bonds. The van der Waals surface area contributed by atoms with Gasteiger partial charge in [0.25, 0.3) is 0 Å². The third kappa shape index (κ3) is 3.52. The predicted octanol–water partition coefficient (Wildman–Crippen LogP) is 1.85. The van der Waals surface area contributed by atoms with Gasteiger partial charge >= 0.3 is 0 Å². The minimum atomic E-state index is 0.394. The van der Waals surface area contributed by atoms with Crippen molar-refractivity contribution in [1.82, 2.24) is 4.90 Å². The minimum Gasteiger partial charge on any atom is -0.411 e. The van der Waals surface area contributed by atoms with Gasteiger partial charge in [-0.2, -0.15) is 5.26 Å². The Bertz CT molecular complexity index is 257. The van der Waals surface area contributed by atoms with E-state index in [0.717, 1.165) is 44.6 Å². The summed E-state index contributed by atoms with van der Waals surface area (Å²) in [5.74, 6) is 0.394. The lowest BCUT2D eigenvalue weighted by molar-refractivity contribution is 0.226. The summed E-state index contributed by atoms with van der Waals surface area (Å²) in [5.41, 5.74) is 0.939. The van der Waals surface area contributed by atoms with Crippen molar-refractivity contribution in [2.75, 3.05) is 19.6 Å². The van der Waals surface area contributed by atoms with Gasteiger partial charge in [-0.15, -0.1) is 0 Å². The molecule has 0 radical (unpaired) electrons. The van der Waals surface area contributed by atoms with Crippen LogP contribution in [0.25, 0.3) is 0 Å². The zero-order valence-corrected chi connectivity index (χ0v) is 9.32. The molecule has 1 aliphatic heterocycles. The molecular formula is C11H19N3O. The summed E-state index contributed by atoms with van der Waals surface area (Å²) in [4.78, 5) is 2.36. The van der Waals surface area contributed by atoms with Gasteiger partial charge in [0.2, 0.25) is 0 Å². The molecule has 4 heteroatoms. The van der Waals surface area contributed by atoms with Crippen molar-refractivity contribution in [2.24, 2.45) is 11.1 Å². The molecule has 1 unspecified atom stereocenters. The summed E-state index contributed by atoms with van der Waals surface area (Å²) in [7, 11) is 0. The highest BCUT2D eigenvalue weighted by atomic mass is 16.4. The first-order valence-electron chi connectivity index (χ1n) is 5.62. The van der Waals surface area contributed by atoms with Gasteiger partial charge in [0.15, 0.2) is 0 Å². The van der Waals surface area contributed by atoms with Crippen molar-refractivity contribution in [3.63, 3.8) is 0 Å². The highest BCUT2D eigenvalue weighted by molar-refractivity contribution is 5.87. The third-order valence-corrected chi connectivity index (χ3v) is 3.02. The summed E-state index contributed by atoms with van der Waals surface area (Å²) in [6.45, 7) is 5.04. The normalized spacial score (nSPS) is 25.3. The van der Waals surface area contributed by atoms with Gasteiger partial charge in [-0.1, -0.05) is 12.1 Å². The first-order chi connectivity index (χ1) is 7.31. The summed E-state index contributed by atoms with van der Waals surface area (Å²) < 4.78 is 0. The number of oxime groups is 1. The van der Waals surface area contributed by atoms with E-state index < -0.39 is 0 Å². The molecule has 84 valence electrons. The van der Waals surface area contributed by atoms with Crippen LogP contribution in [0.3, 0.4) is 0 Å². The maximum Gasteiger partial charge on any atom is 0.0627 e. The van der Waals surface area contributed by atoms with Crippen molar-refractivity contribution in [3.05, 3.63) is 0 Å². The van der Waals surface area contributed by atoms with Crippen LogP contribution in [0.5, 0.6) is 0 Å². The summed E-state index contributed by atoms with van der Waals surface area (Å²) >= 11 is 0. The number of nitrogens with zero attached hydrogens (tertiary/aromatic N) is 3. The van der Waals surface area contributed by atoms with Crippen LogP contribution in [0.15, 0.2) is 5.16 Å². The lowest BCUT2D eigenvalue weighted by Gasteiger charge is -2.32. The van der Waals surface area contributed by atoms with Crippen LogP contribution in [0.1, 0.15) is 32.6 Å². The van der Waals surface area contributed by atoms with E-state index in [9.17, 15) is 0 Å². The Morgan fingerprint density at radius 2 is 2.47 bits per heavy atom. The summed E-state index contributed by atoms with van der Waals surface area (Å²) in [5, 5.41) is 20.6. The number of likely N-dealkylation sites (tertiary alicyclic amines) is 1. The van der Waals surface area contributed by atoms with E-state index in [1.807, 2.05) is 0 Å². The Kier molecular flexibility index (Phi) is 5.13. The molecule has 1 N–H and O–H groups in total. The minimum absolute atomic E-state index is 0.394. The smallest absolute Gasteiger partial charge is 0.0627 e. The number of hydrogen-bond acceptors (Lipinski definition) is 4. The maximum absolute atomic E-state index is 8.82. The van der Waals surface area contributed by atoms with Gasteiger partial charge in [-0.3, -0.25) is 0 Å². The van der Waals surface area contributed by atoms with Crippen LogP contribution in [-0.2, 0) is 0 Å². The van der Waals surface area contributed by atoms with Crippen LogP contribution in [0, 0.1) is 17.2 Å². The highest BCUT2D eigenvalue weighted by Gasteiger charge is 2.23. The largest absolute Gasteiger partial charge is 0.411 e. The second-order valence-corrected chi connectivity index (χ2v) is 4.01. The Labute approximate surface area is 91.2 Å². The van der Waals surface area contributed by atoms with E-state index in [0.29, 0.717) is 12.3 Å². The lowest BCUT2D eigenvalue weighted by Crippen LogP contribution is -2.41. The molecule has 0 aromatic carbocycles. The van der Waals surface area contributed by atoms with E-state index in [4.69, 9.17) is 10.5 Å². The molecule has 4 nitrogen and oxygen atoms in total. The van der Waals surface area contributed by atoms with E-state index in [-0.39, 0.29) is 0 Å². The van der Waals surface area contributed by atoms with Crippen molar-refractivity contribution in [2.45, 2.75) is 32.6 Å². The fraction of sp³-hybridized carbons (Fsp3) is 0.818. The number of piperidine rings is 1. The Morgan fingerprint density at radius 1 is 1.67 bits per heavy atom. The first-order valence-corrected chi connectivity index (χ1v) is 5.62. The Balaban J connectivity index is 2.36. The number of unbranched alkanes of at least 4 members (excludes halogenated alkanes) is 1. The average Bonchev–Trinajstić information content (AvgIpc) is 2.29. The molecule has 0 aromatic rings. The van der Waals surface area contributed by atoms with E-state index in [2.05, 4.69) is 23.0 Å². The molecule has 1 fully saturated rings. The van der Waals surface area contributed by atoms with Gasteiger partial charge in [0.05, 0.1) is 11.8 Å². The summed E-state index contributed by atoms with van der Waals surface area (Å²) in [6, 6.07) is 2.16. The molecule has 1 rings (SSSR count). The first kappa shape index (κ1) is 12.0. The van der Waals surface area contributed by atoms with E-state index in [1.54, 1.807) is 0 Å². The molecule has 0 spiro atoms. The monoisotopic (exact) mass is 209 g/mol. The van der Waals surface area contributed by atoms with Crippen LogP contribution < -0.4 is 0 Å². The van der Waals surface area contributed by atoms with Gasteiger partial charge < -0.3 is 10.1 Å². The molecule has 0 bridgehead atoms. The molecule has 1 saturated heterocycles. The van der Waals surface area contributed by atoms with E-state index in [1.165, 1.54) is 0 Å². The quantitative estimate of drug-likeness (QED) is 0.436. The molecule has 0 aliphatic carbocycles. The molecule has 15 heavy (non-hydrogen) atoms. The third-order valence-electron chi connectivity index (χ3n) is 3.02. The van der Waals surface area contributed by atoms with Gasteiger partial charge in [0.1, 0.15) is 0 Å². The van der Waals surface area contributed by atoms with Crippen LogP contribution >= 0.6 is 0 Å². The van der Waals surface area contributed by atoms with Crippen molar-refractivity contribution >= 4 is 5.71 Å². The van der Waals surface area contributed by atoms with Gasteiger partial charge in [-0.05, 0) is 19.4 Å². The maximum atomic E-state index is 8.82. The van der Waals surface area contributed by atoms with Crippen LogP contribution in [0.4, 0.5) is 0 Å². The average molecular weight is 209 g/mol. The molecule has 1 aliphatic rings. The zero-order chi connectivity index (χ0) is 11.1. The fourth-order valence-corrected chi connectivity index (χ4v) is 2.07. The Hall–Kier alpha value is -1.08. The van der Waals surface area contributed by atoms with Crippen LogP contribution in [0.2, 0.25) is 0 Å². The van der Waals surface area contributed by atoms with Crippen molar-refractivity contribution in [1.29, 1.82) is 5.26 Å². The zero-order valence-electron chi connectivity index (χ0n) is 9.32. The molecular weight excluding hydrogens is 190 g/mol. The van der Waals surface area contributed by atoms with Crippen molar-refractivity contribution in [3.8, 4) is 6.07 Å². The predicted molar refractivity (Wildman–Crippen MR) is 58.9 cm³/mol. The number of hydrogen-bond donors (Lipinski definition) is 1. The number of rotatable bonds is 4. The standard InChI is InChI=1S/C11H19N3O/c1-2-10-9-14(7-4-3-6-12)8-5-11(10)13-15/h10,15H,2-5,7-9H2,1H3.